The number of carbonyl (C=O) groups is 4. The Labute approximate surface area is 284 Å². The number of hydrogen-bond acceptors (Lipinski definition) is 8. The van der Waals surface area contributed by atoms with Crippen molar-refractivity contribution in [2.24, 2.45) is 0 Å². The van der Waals surface area contributed by atoms with E-state index in [1.165, 1.54) is 0 Å². The molecule has 13 nitrogen and oxygen atoms in total. The second kappa shape index (κ2) is 14.3. The molecular formula is C36H41N7O6. The molecular weight excluding hydrogens is 626 g/mol. The molecule has 0 saturated heterocycles. The van der Waals surface area contributed by atoms with Crippen molar-refractivity contribution in [2.75, 3.05) is 4.90 Å². The molecule has 0 fully saturated rings. The summed E-state index contributed by atoms with van der Waals surface area (Å²) in [7, 11) is 0. The van der Waals surface area contributed by atoms with Crippen molar-refractivity contribution in [3.05, 3.63) is 83.9 Å². The standard InChI is InChI=1S/C36H41N7O6/c1-35(2,3)49-34(48)38-36(4,5)20-30(44)37-28-19-18-25-10-6-9-13-29(25)42(33(28)47)21-23-14-16-24(17-15-23)26-11-7-8-12-27(26)32-39-41-43(40-32)22-31(45)46/h6-17,28H,18-22H2,1-5H3,(H,37,44)(H,38,48)(H,45,46)/t28-/m1/s1. The van der Waals surface area contributed by atoms with Gasteiger partial charge in [-0.1, -0.05) is 66.7 Å². The first-order valence-electron chi connectivity index (χ1n) is 16.1. The predicted octanol–water partition coefficient (Wildman–Crippen LogP) is 4.75. The number of carbonyl (C=O) groups excluding carboxylic acids is 3. The van der Waals surface area contributed by atoms with Crippen LogP contribution >= 0.6 is 0 Å². The molecule has 4 aromatic rings. The van der Waals surface area contributed by atoms with E-state index in [1.54, 1.807) is 39.5 Å². The molecule has 0 unspecified atom stereocenters. The zero-order valence-corrected chi connectivity index (χ0v) is 28.3. The fourth-order valence-electron chi connectivity index (χ4n) is 5.72. The van der Waals surface area contributed by atoms with E-state index in [9.17, 15) is 19.2 Å². The summed E-state index contributed by atoms with van der Waals surface area (Å²) in [5, 5.41) is 26.9. The smallest absolute Gasteiger partial charge is 0.408 e. The third-order valence-electron chi connectivity index (χ3n) is 7.83. The normalized spacial score (nSPS) is 14.8. The summed E-state index contributed by atoms with van der Waals surface area (Å²) in [6, 6.07) is 22.3. The van der Waals surface area contributed by atoms with E-state index in [0.29, 0.717) is 24.2 Å². The number of carboxylic acid groups (broad SMARTS) is 1. The first kappa shape index (κ1) is 34.7. The Kier molecular flexibility index (Phi) is 10.1. The number of aliphatic carboxylic acids is 1. The van der Waals surface area contributed by atoms with Gasteiger partial charge in [0.1, 0.15) is 11.6 Å². The molecule has 0 bridgehead atoms. The summed E-state index contributed by atoms with van der Waals surface area (Å²) in [6.45, 7) is 8.64. The van der Waals surface area contributed by atoms with Crippen molar-refractivity contribution in [1.29, 1.82) is 0 Å². The molecule has 1 aromatic heterocycles. The maximum atomic E-state index is 14.1. The van der Waals surface area contributed by atoms with E-state index < -0.39 is 35.8 Å². The highest BCUT2D eigenvalue weighted by molar-refractivity contribution is 6.00. The maximum absolute atomic E-state index is 14.1. The Morgan fingerprint density at radius 2 is 1.61 bits per heavy atom. The van der Waals surface area contributed by atoms with E-state index in [0.717, 1.165) is 32.7 Å². The largest absolute Gasteiger partial charge is 0.480 e. The third kappa shape index (κ3) is 9.06. The van der Waals surface area contributed by atoms with Gasteiger partial charge in [0.05, 0.1) is 6.54 Å². The molecule has 5 rings (SSSR count). The van der Waals surface area contributed by atoms with Crippen molar-refractivity contribution in [1.82, 2.24) is 30.8 Å². The number of carboxylic acids is 1. The lowest BCUT2D eigenvalue weighted by Crippen LogP contribution is -2.52. The van der Waals surface area contributed by atoms with Gasteiger partial charge in [0.2, 0.25) is 17.6 Å². The number of hydrogen-bond donors (Lipinski definition) is 3. The van der Waals surface area contributed by atoms with Crippen molar-refractivity contribution < 1.29 is 29.0 Å². The number of nitrogens with zero attached hydrogens (tertiary/aromatic N) is 5. The van der Waals surface area contributed by atoms with E-state index in [4.69, 9.17) is 9.84 Å². The van der Waals surface area contributed by atoms with Gasteiger partial charge >= 0.3 is 12.1 Å². The number of aryl methyl sites for hydroxylation is 1. The Balaban J connectivity index is 1.32. The fourth-order valence-corrected chi connectivity index (χ4v) is 5.72. The number of para-hydroxylation sites is 1. The third-order valence-corrected chi connectivity index (χ3v) is 7.83. The number of ether oxygens (including phenoxy) is 1. The van der Waals surface area contributed by atoms with Crippen LogP contribution in [0.1, 0.15) is 58.6 Å². The summed E-state index contributed by atoms with van der Waals surface area (Å²) in [5.74, 6) is -1.33. The van der Waals surface area contributed by atoms with Crippen molar-refractivity contribution >= 4 is 29.6 Å². The highest BCUT2D eigenvalue weighted by Gasteiger charge is 2.33. The van der Waals surface area contributed by atoms with E-state index in [-0.39, 0.29) is 24.8 Å². The van der Waals surface area contributed by atoms with E-state index in [2.05, 4.69) is 26.0 Å². The Bertz CT molecular complexity index is 1840. The summed E-state index contributed by atoms with van der Waals surface area (Å²) in [5.41, 5.74) is 3.51. The summed E-state index contributed by atoms with van der Waals surface area (Å²) >= 11 is 0. The van der Waals surface area contributed by atoms with Crippen LogP contribution in [-0.4, -0.2) is 66.4 Å². The molecule has 3 N–H and O–H groups in total. The summed E-state index contributed by atoms with van der Waals surface area (Å²) in [4.78, 5) is 53.5. The van der Waals surface area contributed by atoms with Crippen LogP contribution in [0.2, 0.25) is 0 Å². The highest BCUT2D eigenvalue weighted by Crippen LogP contribution is 2.32. The van der Waals surface area contributed by atoms with Gasteiger partial charge in [-0.05, 0) is 81.0 Å². The average molecular weight is 668 g/mol. The Hall–Kier alpha value is -5.59. The van der Waals surface area contributed by atoms with Crippen LogP contribution in [0.5, 0.6) is 0 Å². The number of nitrogens with one attached hydrogen (secondary N) is 2. The number of tetrazole rings is 1. The number of rotatable bonds is 10. The van der Waals surface area contributed by atoms with Crippen LogP contribution in [0.4, 0.5) is 10.5 Å². The molecule has 256 valence electrons. The number of aromatic nitrogens is 4. The predicted molar refractivity (Wildman–Crippen MR) is 182 cm³/mol. The first-order chi connectivity index (χ1) is 23.2. The van der Waals surface area contributed by atoms with Crippen LogP contribution < -0.4 is 15.5 Å². The number of anilines is 1. The number of fused-ring (bicyclic) bond motifs is 1. The van der Waals surface area contributed by atoms with Crippen LogP contribution in [-0.2, 0) is 38.6 Å². The maximum Gasteiger partial charge on any atom is 0.408 e. The van der Waals surface area contributed by atoms with Gasteiger partial charge in [-0.25, -0.2) is 4.79 Å². The molecule has 1 aliphatic heterocycles. The van der Waals surface area contributed by atoms with Gasteiger partial charge < -0.3 is 25.4 Å². The molecule has 3 aromatic carbocycles. The minimum absolute atomic E-state index is 0.0444. The number of benzene rings is 3. The Morgan fingerprint density at radius 1 is 0.939 bits per heavy atom. The number of alkyl carbamates (subject to hydrolysis) is 1. The highest BCUT2D eigenvalue weighted by atomic mass is 16.6. The van der Waals surface area contributed by atoms with E-state index in [1.807, 2.05) is 72.8 Å². The van der Waals surface area contributed by atoms with Crippen molar-refractivity contribution in [3.8, 4) is 22.5 Å². The van der Waals surface area contributed by atoms with Gasteiger partial charge in [-0.3, -0.25) is 14.4 Å². The second-order valence-electron chi connectivity index (χ2n) is 13.7. The first-order valence-corrected chi connectivity index (χ1v) is 16.1. The number of amides is 3. The van der Waals surface area contributed by atoms with Gasteiger partial charge in [-0.15, -0.1) is 10.2 Å². The lowest BCUT2D eigenvalue weighted by molar-refractivity contribution is -0.138. The summed E-state index contributed by atoms with van der Waals surface area (Å²) < 4.78 is 5.35. The molecule has 1 atom stereocenters. The van der Waals surface area contributed by atoms with Crippen LogP contribution in [0.15, 0.2) is 72.8 Å². The SMILES string of the molecule is CC(C)(CC(=O)N[C@@H]1CCc2ccccc2N(Cc2ccc(-c3ccccc3-c3nnn(CC(=O)O)n3)cc2)C1=O)NC(=O)OC(C)(C)C. The average Bonchev–Trinajstić information content (AvgIpc) is 3.43. The molecule has 2 heterocycles. The topological polar surface area (TPSA) is 169 Å². The van der Waals surface area contributed by atoms with Gasteiger partial charge in [0, 0.05) is 23.2 Å². The quantitative estimate of drug-likeness (QED) is 0.216. The second-order valence-corrected chi connectivity index (χ2v) is 13.7. The van der Waals surface area contributed by atoms with Gasteiger partial charge in [0.15, 0.2) is 6.54 Å². The lowest BCUT2D eigenvalue weighted by Gasteiger charge is -2.29. The fraction of sp³-hybridized carbons (Fsp3) is 0.361. The molecule has 3 amide bonds. The zero-order chi connectivity index (χ0) is 35.3. The Morgan fingerprint density at radius 3 is 2.31 bits per heavy atom. The van der Waals surface area contributed by atoms with Crippen LogP contribution in [0, 0.1) is 0 Å². The lowest BCUT2D eigenvalue weighted by atomic mass is 9.98. The molecule has 49 heavy (non-hydrogen) atoms. The molecule has 13 heteroatoms. The molecule has 0 spiro atoms. The van der Waals surface area contributed by atoms with Crippen LogP contribution in [0.25, 0.3) is 22.5 Å². The zero-order valence-electron chi connectivity index (χ0n) is 28.3. The molecule has 1 aliphatic rings. The minimum atomic E-state index is -1.07. The van der Waals surface area contributed by atoms with Crippen molar-refractivity contribution in [2.45, 2.75) is 84.2 Å². The molecule has 0 saturated carbocycles. The molecule has 0 aliphatic carbocycles. The minimum Gasteiger partial charge on any atom is -0.480 e. The van der Waals surface area contributed by atoms with Gasteiger partial charge in [0.25, 0.3) is 0 Å². The van der Waals surface area contributed by atoms with Crippen LogP contribution in [0.3, 0.4) is 0 Å². The monoisotopic (exact) mass is 667 g/mol. The van der Waals surface area contributed by atoms with Crippen molar-refractivity contribution in [3.63, 3.8) is 0 Å². The summed E-state index contributed by atoms with van der Waals surface area (Å²) in [6.07, 6.45) is 0.368. The molecule has 0 radical (unpaired) electrons. The van der Waals surface area contributed by atoms with E-state index >= 15 is 0 Å². The van der Waals surface area contributed by atoms with Gasteiger partial charge in [-0.2, -0.15) is 4.80 Å².